The Morgan fingerprint density at radius 1 is 1.08 bits per heavy atom. The molecule has 0 spiro atoms. The first-order valence-corrected chi connectivity index (χ1v) is 9.99. The number of carbonyl (C=O) groups is 1. The lowest BCUT2D eigenvalue weighted by atomic mass is 9.67. The van der Waals surface area contributed by atoms with Gasteiger partial charge in [-0.3, -0.25) is 4.79 Å². The fraction of sp³-hybridized carbons (Fsp3) is 0.522. The van der Waals surface area contributed by atoms with E-state index in [0.717, 1.165) is 42.4 Å². The molecule has 2 aromatic rings. The van der Waals surface area contributed by atoms with E-state index in [0.29, 0.717) is 6.42 Å². The summed E-state index contributed by atoms with van der Waals surface area (Å²) in [6.07, 6.45) is 5.49. The average molecular weight is 354 g/mol. The molecule has 1 aliphatic heterocycles. The highest BCUT2D eigenvalue weighted by Gasteiger charge is 2.43. The molecule has 1 N–H and O–H groups in total. The highest BCUT2D eigenvalue weighted by atomic mass is 16.4. The van der Waals surface area contributed by atoms with Crippen LogP contribution in [0.15, 0.2) is 42.5 Å². The SMILES string of the molecule is CC(C)C(CCCN1CCCCC1)(C(=O)O)c1cccc2ccccc12. The molecule has 1 aliphatic rings. The van der Waals surface area contributed by atoms with Crippen molar-refractivity contribution in [3.8, 4) is 0 Å². The topological polar surface area (TPSA) is 40.5 Å². The fourth-order valence-corrected chi connectivity index (χ4v) is 4.58. The first-order chi connectivity index (χ1) is 12.6. The van der Waals surface area contributed by atoms with E-state index in [-0.39, 0.29) is 5.92 Å². The van der Waals surface area contributed by atoms with Gasteiger partial charge in [0.15, 0.2) is 0 Å². The van der Waals surface area contributed by atoms with Crippen LogP contribution in [0.4, 0.5) is 0 Å². The van der Waals surface area contributed by atoms with Crippen LogP contribution in [0.1, 0.15) is 51.5 Å². The second-order valence-electron chi connectivity index (χ2n) is 7.96. The van der Waals surface area contributed by atoms with E-state index in [2.05, 4.69) is 36.9 Å². The molecule has 0 radical (unpaired) electrons. The first-order valence-electron chi connectivity index (χ1n) is 9.99. The van der Waals surface area contributed by atoms with E-state index >= 15 is 0 Å². The largest absolute Gasteiger partial charge is 0.481 e. The van der Waals surface area contributed by atoms with Crippen molar-refractivity contribution in [2.75, 3.05) is 19.6 Å². The van der Waals surface area contributed by atoms with Crippen molar-refractivity contribution in [3.05, 3.63) is 48.0 Å². The minimum atomic E-state index is -0.837. The van der Waals surface area contributed by atoms with Crippen molar-refractivity contribution in [1.29, 1.82) is 0 Å². The zero-order valence-corrected chi connectivity index (χ0v) is 16.1. The van der Waals surface area contributed by atoms with Gasteiger partial charge in [0.1, 0.15) is 0 Å². The molecule has 0 bridgehead atoms. The Balaban J connectivity index is 1.92. The third-order valence-corrected chi connectivity index (χ3v) is 6.13. The third-order valence-electron chi connectivity index (χ3n) is 6.13. The molecule has 2 aromatic carbocycles. The van der Waals surface area contributed by atoms with Gasteiger partial charge in [0.2, 0.25) is 0 Å². The summed E-state index contributed by atoms with van der Waals surface area (Å²) in [5, 5.41) is 12.5. The second-order valence-corrected chi connectivity index (χ2v) is 7.96. The van der Waals surface area contributed by atoms with Gasteiger partial charge in [0, 0.05) is 0 Å². The zero-order chi connectivity index (χ0) is 18.6. The van der Waals surface area contributed by atoms with Crippen LogP contribution in [-0.2, 0) is 10.2 Å². The van der Waals surface area contributed by atoms with Gasteiger partial charge in [-0.25, -0.2) is 0 Å². The monoisotopic (exact) mass is 353 g/mol. The summed E-state index contributed by atoms with van der Waals surface area (Å²) in [6.45, 7) is 7.44. The number of fused-ring (bicyclic) bond motifs is 1. The maximum absolute atomic E-state index is 12.6. The summed E-state index contributed by atoms with van der Waals surface area (Å²) in [6, 6.07) is 14.3. The van der Waals surface area contributed by atoms with Crippen LogP contribution in [0.25, 0.3) is 10.8 Å². The predicted octanol–water partition coefficient (Wildman–Crippen LogP) is 5.08. The Labute approximate surface area is 157 Å². The van der Waals surface area contributed by atoms with Crippen molar-refractivity contribution >= 4 is 16.7 Å². The Bertz CT molecular complexity index is 743. The van der Waals surface area contributed by atoms with E-state index < -0.39 is 11.4 Å². The normalized spacial score (nSPS) is 18.1. The van der Waals surface area contributed by atoms with Crippen LogP contribution in [-0.4, -0.2) is 35.6 Å². The Morgan fingerprint density at radius 3 is 2.46 bits per heavy atom. The molecule has 1 unspecified atom stereocenters. The Kier molecular flexibility index (Phi) is 5.98. The average Bonchev–Trinajstić information content (AvgIpc) is 2.65. The fourth-order valence-electron chi connectivity index (χ4n) is 4.58. The Hall–Kier alpha value is -1.87. The Morgan fingerprint density at radius 2 is 1.77 bits per heavy atom. The summed E-state index contributed by atoms with van der Waals surface area (Å²) < 4.78 is 0. The van der Waals surface area contributed by atoms with Gasteiger partial charge < -0.3 is 10.0 Å². The lowest BCUT2D eigenvalue weighted by molar-refractivity contribution is -0.146. The van der Waals surface area contributed by atoms with Crippen LogP contribution < -0.4 is 0 Å². The molecule has 26 heavy (non-hydrogen) atoms. The smallest absolute Gasteiger partial charge is 0.314 e. The van der Waals surface area contributed by atoms with Gasteiger partial charge in [-0.15, -0.1) is 0 Å². The molecule has 0 amide bonds. The molecule has 3 nitrogen and oxygen atoms in total. The zero-order valence-electron chi connectivity index (χ0n) is 16.1. The molecule has 1 saturated heterocycles. The van der Waals surface area contributed by atoms with Gasteiger partial charge in [-0.2, -0.15) is 0 Å². The highest BCUT2D eigenvalue weighted by molar-refractivity contribution is 5.93. The molecule has 0 saturated carbocycles. The minimum Gasteiger partial charge on any atom is -0.481 e. The number of nitrogens with zero attached hydrogens (tertiary/aromatic N) is 1. The van der Waals surface area contributed by atoms with Crippen LogP contribution in [0.5, 0.6) is 0 Å². The minimum absolute atomic E-state index is 0.0344. The van der Waals surface area contributed by atoms with Gasteiger partial charge >= 0.3 is 5.97 Å². The molecule has 1 fully saturated rings. The molecular formula is C23H31NO2. The van der Waals surface area contributed by atoms with Crippen LogP contribution >= 0.6 is 0 Å². The van der Waals surface area contributed by atoms with Gasteiger partial charge in [-0.1, -0.05) is 62.7 Å². The molecule has 0 aliphatic carbocycles. The summed E-state index contributed by atoms with van der Waals surface area (Å²) in [5.74, 6) is -0.658. The van der Waals surface area contributed by atoms with Crippen molar-refractivity contribution in [3.63, 3.8) is 0 Å². The van der Waals surface area contributed by atoms with Crippen LogP contribution in [0.3, 0.4) is 0 Å². The molecule has 140 valence electrons. The van der Waals surface area contributed by atoms with E-state index in [4.69, 9.17) is 0 Å². The van der Waals surface area contributed by atoms with Crippen molar-refractivity contribution in [2.24, 2.45) is 5.92 Å². The van der Waals surface area contributed by atoms with Crippen molar-refractivity contribution in [2.45, 2.75) is 51.4 Å². The van der Waals surface area contributed by atoms with Crippen LogP contribution in [0, 0.1) is 5.92 Å². The quantitative estimate of drug-likeness (QED) is 0.754. The number of carboxylic acids is 1. The first kappa shape index (κ1) is 18.9. The molecule has 3 heteroatoms. The maximum Gasteiger partial charge on any atom is 0.314 e. The highest BCUT2D eigenvalue weighted by Crippen LogP contribution is 2.41. The number of carboxylic acid groups (broad SMARTS) is 1. The molecular weight excluding hydrogens is 322 g/mol. The van der Waals surface area contributed by atoms with E-state index in [9.17, 15) is 9.90 Å². The van der Waals surface area contributed by atoms with E-state index in [1.54, 1.807) is 0 Å². The number of aliphatic carboxylic acids is 1. The van der Waals surface area contributed by atoms with Crippen LogP contribution in [0.2, 0.25) is 0 Å². The van der Waals surface area contributed by atoms with Gasteiger partial charge in [0.05, 0.1) is 5.41 Å². The number of benzene rings is 2. The van der Waals surface area contributed by atoms with Crippen molar-refractivity contribution < 1.29 is 9.90 Å². The number of piperidine rings is 1. The maximum atomic E-state index is 12.6. The molecule has 3 rings (SSSR count). The number of rotatable bonds is 7. The predicted molar refractivity (Wildman–Crippen MR) is 108 cm³/mol. The van der Waals surface area contributed by atoms with Crippen molar-refractivity contribution in [1.82, 2.24) is 4.90 Å². The number of hydrogen-bond donors (Lipinski definition) is 1. The standard InChI is InChI=1S/C23H31NO2/c1-18(2)23(22(25)26,14-9-17-24-15-6-3-7-16-24)21-13-8-11-19-10-4-5-12-20(19)21/h4-5,8,10-13,18H,3,6-7,9,14-17H2,1-2H3,(H,25,26). The lowest BCUT2D eigenvalue weighted by Gasteiger charge is -2.36. The van der Waals surface area contributed by atoms with Gasteiger partial charge in [-0.05, 0) is 67.6 Å². The summed E-state index contributed by atoms with van der Waals surface area (Å²) in [5.41, 5.74) is 0.133. The lowest BCUT2D eigenvalue weighted by Crippen LogP contribution is -2.42. The second kappa shape index (κ2) is 8.22. The summed E-state index contributed by atoms with van der Waals surface area (Å²) >= 11 is 0. The summed E-state index contributed by atoms with van der Waals surface area (Å²) in [7, 11) is 0. The molecule has 1 atom stereocenters. The van der Waals surface area contributed by atoms with E-state index in [1.807, 2.05) is 24.3 Å². The third kappa shape index (κ3) is 3.64. The molecule has 0 aromatic heterocycles. The van der Waals surface area contributed by atoms with Gasteiger partial charge in [0.25, 0.3) is 0 Å². The number of likely N-dealkylation sites (tertiary alicyclic amines) is 1. The van der Waals surface area contributed by atoms with E-state index in [1.165, 1.54) is 19.3 Å². The molecule has 1 heterocycles. The summed E-state index contributed by atoms with van der Waals surface area (Å²) in [4.78, 5) is 15.1. The number of hydrogen-bond acceptors (Lipinski definition) is 2.